The van der Waals surface area contributed by atoms with Gasteiger partial charge in [0.15, 0.2) is 0 Å². The van der Waals surface area contributed by atoms with E-state index in [4.69, 9.17) is 5.73 Å². The Kier molecular flexibility index (Phi) is 8.77. The summed E-state index contributed by atoms with van der Waals surface area (Å²) in [6.07, 6.45) is 11.4. The highest BCUT2D eigenvalue weighted by atomic mass is 16.1. The molecule has 0 aliphatic rings. The van der Waals surface area contributed by atoms with E-state index in [-0.39, 0.29) is 0 Å². The van der Waals surface area contributed by atoms with Crippen molar-refractivity contribution in [3.05, 3.63) is 29.8 Å². The summed E-state index contributed by atoms with van der Waals surface area (Å²) >= 11 is 0. The summed E-state index contributed by atoms with van der Waals surface area (Å²) in [4.78, 5) is 11.9. The fourth-order valence-corrected chi connectivity index (χ4v) is 2.48. The quantitative estimate of drug-likeness (QED) is 0.460. The third-order valence-electron chi connectivity index (χ3n) is 3.66. The molecule has 112 valence electrons. The van der Waals surface area contributed by atoms with E-state index in [1.807, 2.05) is 24.3 Å². The van der Waals surface area contributed by atoms with E-state index in [2.05, 4.69) is 6.92 Å². The average molecular weight is 275 g/mol. The van der Waals surface area contributed by atoms with Crippen LogP contribution in [0, 0.1) is 0 Å². The molecule has 0 aliphatic carbocycles. The van der Waals surface area contributed by atoms with Gasteiger partial charge in [0, 0.05) is 18.5 Å². The van der Waals surface area contributed by atoms with Crippen molar-refractivity contribution in [2.24, 2.45) is 0 Å². The predicted molar refractivity (Wildman–Crippen MR) is 86.8 cm³/mol. The zero-order chi connectivity index (χ0) is 14.6. The van der Waals surface area contributed by atoms with Gasteiger partial charge in [0.25, 0.3) is 0 Å². The SMILES string of the molecule is CCCCCCCCCCC(=O)Cc1cccc(N)c1. The number of carbonyl (C=O) groups excluding carboxylic acids is 1. The minimum absolute atomic E-state index is 0.335. The molecular formula is C18H29NO. The summed E-state index contributed by atoms with van der Waals surface area (Å²) in [7, 11) is 0. The van der Waals surface area contributed by atoms with Gasteiger partial charge in [-0.15, -0.1) is 0 Å². The largest absolute Gasteiger partial charge is 0.399 e. The van der Waals surface area contributed by atoms with Gasteiger partial charge in [0.05, 0.1) is 0 Å². The summed E-state index contributed by atoms with van der Waals surface area (Å²) in [6.45, 7) is 2.24. The maximum Gasteiger partial charge on any atom is 0.137 e. The Bertz CT molecular complexity index is 387. The molecule has 0 aliphatic heterocycles. The van der Waals surface area contributed by atoms with Crippen LogP contribution < -0.4 is 5.73 Å². The van der Waals surface area contributed by atoms with Gasteiger partial charge in [-0.1, -0.05) is 64.0 Å². The highest BCUT2D eigenvalue weighted by molar-refractivity contribution is 5.81. The standard InChI is InChI=1S/C18H29NO/c1-2-3-4-5-6-7-8-9-13-18(20)15-16-11-10-12-17(19)14-16/h10-12,14H,2-9,13,15,19H2,1H3. The lowest BCUT2D eigenvalue weighted by molar-refractivity contribution is -0.118. The number of benzene rings is 1. The second-order valence-corrected chi connectivity index (χ2v) is 5.69. The van der Waals surface area contributed by atoms with Crippen LogP contribution in [0.5, 0.6) is 0 Å². The number of ketones is 1. The van der Waals surface area contributed by atoms with Gasteiger partial charge in [-0.05, 0) is 24.1 Å². The lowest BCUT2D eigenvalue weighted by atomic mass is 10.0. The molecule has 0 saturated carbocycles. The number of Topliss-reactive ketones (excluding diaryl/α,β-unsaturated/α-hetero) is 1. The first-order valence-corrected chi connectivity index (χ1v) is 8.08. The van der Waals surface area contributed by atoms with Crippen LogP contribution in [-0.2, 0) is 11.2 Å². The topological polar surface area (TPSA) is 43.1 Å². The van der Waals surface area contributed by atoms with Crippen LogP contribution in [-0.4, -0.2) is 5.78 Å². The average Bonchev–Trinajstić information content (AvgIpc) is 2.42. The van der Waals surface area contributed by atoms with Crippen molar-refractivity contribution < 1.29 is 4.79 Å². The summed E-state index contributed by atoms with van der Waals surface area (Å²) in [5.41, 5.74) is 7.49. The molecule has 0 bridgehead atoms. The molecule has 1 aromatic carbocycles. The Hall–Kier alpha value is -1.31. The predicted octanol–water partition coefficient (Wildman–Crippen LogP) is 4.91. The van der Waals surface area contributed by atoms with Crippen molar-refractivity contribution in [1.82, 2.24) is 0 Å². The molecule has 0 radical (unpaired) electrons. The molecule has 0 heterocycles. The molecule has 0 atom stereocenters. The molecule has 2 heteroatoms. The van der Waals surface area contributed by atoms with Crippen LogP contribution in [0.1, 0.15) is 70.3 Å². The number of hydrogen-bond acceptors (Lipinski definition) is 2. The zero-order valence-corrected chi connectivity index (χ0v) is 12.9. The number of unbranched alkanes of at least 4 members (excludes halogenated alkanes) is 7. The molecule has 0 unspecified atom stereocenters. The maximum absolute atomic E-state index is 11.9. The first kappa shape index (κ1) is 16.7. The van der Waals surface area contributed by atoms with Gasteiger partial charge in [-0.2, -0.15) is 0 Å². The molecule has 2 nitrogen and oxygen atoms in total. The van der Waals surface area contributed by atoms with E-state index in [0.717, 1.165) is 17.7 Å². The molecule has 1 aromatic rings. The van der Waals surface area contributed by atoms with E-state index in [1.54, 1.807) is 0 Å². The number of anilines is 1. The molecule has 0 aromatic heterocycles. The Morgan fingerprint density at radius 3 is 2.30 bits per heavy atom. The molecule has 0 amide bonds. The van der Waals surface area contributed by atoms with Crippen molar-refractivity contribution in [3.8, 4) is 0 Å². The zero-order valence-electron chi connectivity index (χ0n) is 12.9. The van der Waals surface area contributed by atoms with Crippen molar-refractivity contribution >= 4 is 11.5 Å². The first-order valence-electron chi connectivity index (χ1n) is 8.08. The van der Waals surface area contributed by atoms with Crippen LogP contribution in [0.15, 0.2) is 24.3 Å². The molecule has 0 fully saturated rings. The fraction of sp³-hybridized carbons (Fsp3) is 0.611. The monoisotopic (exact) mass is 275 g/mol. The second-order valence-electron chi connectivity index (χ2n) is 5.69. The van der Waals surface area contributed by atoms with Crippen molar-refractivity contribution in [2.75, 3.05) is 5.73 Å². The minimum Gasteiger partial charge on any atom is -0.399 e. The van der Waals surface area contributed by atoms with Crippen molar-refractivity contribution in [3.63, 3.8) is 0 Å². The van der Waals surface area contributed by atoms with Crippen molar-refractivity contribution in [1.29, 1.82) is 0 Å². The van der Waals surface area contributed by atoms with Crippen LogP contribution in [0.4, 0.5) is 5.69 Å². The Labute approximate surface area is 123 Å². The Balaban J connectivity index is 2.03. The third kappa shape index (κ3) is 7.98. The molecule has 0 saturated heterocycles. The Morgan fingerprint density at radius 2 is 1.65 bits per heavy atom. The van der Waals surface area contributed by atoms with E-state index in [1.165, 1.54) is 44.9 Å². The fourth-order valence-electron chi connectivity index (χ4n) is 2.48. The lowest BCUT2D eigenvalue weighted by Crippen LogP contribution is -2.03. The molecular weight excluding hydrogens is 246 g/mol. The number of hydrogen-bond donors (Lipinski definition) is 1. The smallest absolute Gasteiger partial charge is 0.137 e. The van der Waals surface area contributed by atoms with E-state index in [9.17, 15) is 4.79 Å². The van der Waals surface area contributed by atoms with Gasteiger partial charge in [0.2, 0.25) is 0 Å². The van der Waals surface area contributed by atoms with Crippen LogP contribution >= 0.6 is 0 Å². The van der Waals surface area contributed by atoms with E-state index >= 15 is 0 Å². The minimum atomic E-state index is 0.335. The van der Waals surface area contributed by atoms with Gasteiger partial charge in [-0.25, -0.2) is 0 Å². The van der Waals surface area contributed by atoms with Crippen LogP contribution in [0.3, 0.4) is 0 Å². The Morgan fingerprint density at radius 1 is 1.00 bits per heavy atom. The van der Waals surface area contributed by atoms with Gasteiger partial charge < -0.3 is 5.73 Å². The summed E-state index contributed by atoms with van der Waals surface area (Å²) < 4.78 is 0. The van der Waals surface area contributed by atoms with Crippen LogP contribution in [0.25, 0.3) is 0 Å². The first-order chi connectivity index (χ1) is 9.72. The summed E-state index contributed by atoms with van der Waals surface area (Å²) in [5.74, 6) is 0.335. The second kappa shape index (κ2) is 10.5. The van der Waals surface area contributed by atoms with E-state index in [0.29, 0.717) is 18.6 Å². The number of nitrogen functional groups attached to an aromatic ring is 1. The molecule has 0 spiro atoms. The molecule has 2 N–H and O–H groups in total. The van der Waals surface area contributed by atoms with Gasteiger partial charge >= 0.3 is 0 Å². The van der Waals surface area contributed by atoms with E-state index < -0.39 is 0 Å². The third-order valence-corrected chi connectivity index (χ3v) is 3.66. The normalized spacial score (nSPS) is 10.7. The number of nitrogens with two attached hydrogens (primary N) is 1. The summed E-state index contributed by atoms with van der Waals surface area (Å²) in [5, 5.41) is 0. The highest BCUT2D eigenvalue weighted by Crippen LogP contribution is 2.12. The molecule has 20 heavy (non-hydrogen) atoms. The number of rotatable bonds is 11. The molecule has 1 rings (SSSR count). The van der Waals surface area contributed by atoms with Crippen LogP contribution in [0.2, 0.25) is 0 Å². The summed E-state index contributed by atoms with van der Waals surface area (Å²) in [6, 6.07) is 7.63. The van der Waals surface area contributed by atoms with Gasteiger partial charge in [-0.3, -0.25) is 4.79 Å². The maximum atomic E-state index is 11.9. The lowest BCUT2D eigenvalue weighted by Gasteiger charge is -2.03. The van der Waals surface area contributed by atoms with Gasteiger partial charge in [0.1, 0.15) is 5.78 Å². The highest BCUT2D eigenvalue weighted by Gasteiger charge is 2.04. The van der Waals surface area contributed by atoms with Crippen molar-refractivity contribution in [2.45, 2.75) is 71.1 Å². The number of carbonyl (C=O) groups is 1.